The van der Waals surface area contributed by atoms with Crippen LogP contribution in [0.15, 0.2) is 48.5 Å². The minimum atomic E-state index is 0.569. The average molecular weight is 282 g/mol. The Morgan fingerprint density at radius 1 is 1.05 bits per heavy atom. The lowest BCUT2D eigenvalue weighted by Crippen LogP contribution is -2.00. The van der Waals surface area contributed by atoms with Crippen molar-refractivity contribution in [2.24, 2.45) is 0 Å². The van der Waals surface area contributed by atoms with Gasteiger partial charge < -0.3 is 9.55 Å². The first-order valence-corrected chi connectivity index (χ1v) is 7.32. The van der Waals surface area contributed by atoms with Crippen LogP contribution in [0.25, 0.3) is 11.0 Å². The molecule has 3 aromatic rings. The molecular weight excluding hydrogens is 264 g/mol. The lowest BCUT2D eigenvalue weighted by atomic mass is 10.0. The number of benzene rings is 2. The zero-order chi connectivity index (χ0) is 14.1. The topological polar surface area (TPSA) is 20.7 Å². The SMILES string of the molecule is CC(C)c1ccc(Cn2c(=S)[nH]c3ccccc32)cc1. The summed E-state index contributed by atoms with van der Waals surface area (Å²) in [6.45, 7) is 5.23. The molecule has 0 saturated heterocycles. The number of fused-ring (bicyclic) bond motifs is 1. The molecule has 0 fully saturated rings. The number of rotatable bonds is 3. The van der Waals surface area contributed by atoms with Crippen LogP contribution in [0.2, 0.25) is 0 Å². The van der Waals surface area contributed by atoms with Crippen LogP contribution in [0.1, 0.15) is 30.9 Å². The molecular formula is C17H18N2S. The van der Waals surface area contributed by atoms with Gasteiger partial charge in [-0.1, -0.05) is 50.2 Å². The highest BCUT2D eigenvalue weighted by Crippen LogP contribution is 2.18. The van der Waals surface area contributed by atoms with Gasteiger partial charge in [-0.25, -0.2) is 0 Å². The van der Waals surface area contributed by atoms with Gasteiger partial charge in [0.05, 0.1) is 17.6 Å². The molecule has 0 saturated carbocycles. The van der Waals surface area contributed by atoms with E-state index in [2.05, 4.69) is 59.8 Å². The maximum absolute atomic E-state index is 5.43. The monoisotopic (exact) mass is 282 g/mol. The van der Waals surface area contributed by atoms with Crippen LogP contribution in [0.4, 0.5) is 0 Å². The number of nitrogens with zero attached hydrogens (tertiary/aromatic N) is 1. The molecule has 2 aromatic carbocycles. The van der Waals surface area contributed by atoms with E-state index in [0.29, 0.717) is 5.92 Å². The van der Waals surface area contributed by atoms with Gasteiger partial charge in [-0.05, 0) is 41.4 Å². The number of hydrogen-bond acceptors (Lipinski definition) is 1. The minimum Gasteiger partial charge on any atom is -0.331 e. The summed E-state index contributed by atoms with van der Waals surface area (Å²) in [5.74, 6) is 0.569. The van der Waals surface area contributed by atoms with E-state index in [-0.39, 0.29) is 0 Å². The van der Waals surface area contributed by atoms with Crippen LogP contribution in [-0.4, -0.2) is 9.55 Å². The van der Waals surface area contributed by atoms with E-state index in [1.807, 2.05) is 12.1 Å². The second-order valence-electron chi connectivity index (χ2n) is 5.43. The van der Waals surface area contributed by atoms with E-state index >= 15 is 0 Å². The second-order valence-corrected chi connectivity index (χ2v) is 5.82. The van der Waals surface area contributed by atoms with Gasteiger partial charge in [0, 0.05) is 0 Å². The zero-order valence-electron chi connectivity index (χ0n) is 11.8. The third kappa shape index (κ3) is 2.41. The van der Waals surface area contributed by atoms with E-state index in [1.54, 1.807) is 0 Å². The van der Waals surface area contributed by atoms with Crippen molar-refractivity contribution in [2.75, 3.05) is 0 Å². The maximum atomic E-state index is 5.43. The van der Waals surface area contributed by atoms with Crippen LogP contribution in [-0.2, 0) is 6.54 Å². The number of nitrogens with one attached hydrogen (secondary N) is 1. The highest BCUT2D eigenvalue weighted by molar-refractivity contribution is 7.71. The third-order valence-corrected chi connectivity index (χ3v) is 3.99. The Labute approximate surface area is 124 Å². The maximum Gasteiger partial charge on any atom is 0.178 e. The molecule has 0 spiro atoms. The van der Waals surface area contributed by atoms with Crippen LogP contribution >= 0.6 is 12.2 Å². The molecule has 3 heteroatoms. The smallest absolute Gasteiger partial charge is 0.178 e. The number of hydrogen-bond donors (Lipinski definition) is 1. The summed E-state index contributed by atoms with van der Waals surface area (Å²) in [6.07, 6.45) is 0. The normalized spacial score (nSPS) is 11.3. The second kappa shape index (κ2) is 5.25. The molecule has 0 amide bonds. The Kier molecular flexibility index (Phi) is 3.45. The third-order valence-electron chi connectivity index (χ3n) is 3.67. The summed E-state index contributed by atoms with van der Waals surface area (Å²) >= 11 is 5.43. The van der Waals surface area contributed by atoms with E-state index in [4.69, 9.17) is 12.2 Å². The molecule has 0 aliphatic rings. The molecule has 2 nitrogen and oxygen atoms in total. The first kappa shape index (κ1) is 13.1. The van der Waals surface area contributed by atoms with Gasteiger partial charge in [0.1, 0.15) is 0 Å². The summed E-state index contributed by atoms with van der Waals surface area (Å²) in [7, 11) is 0. The summed E-state index contributed by atoms with van der Waals surface area (Å²) in [5.41, 5.74) is 4.90. The fraction of sp³-hybridized carbons (Fsp3) is 0.235. The molecule has 1 heterocycles. The van der Waals surface area contributed by atoms with Crippen molar-refractivity contribution in [3.8, 4) is 0 Å². The Balaban J connectivity index is 1.97. The highest BCUT2D eigenvalue weighted by atomic mass is 32.1. The lowest BCUT2D eigenvalue weighted by molar-refractivity contribution is 0.806. The minimum absolute atomic E-state index is 0.569. The predicted molar refractivity (Wildman–Crippen MR) is 86.8 cm³/mol. The van der Waals surface area contributed by atoms with Gasteiger partial charge in [-0.3, -0.25) is 0 Å². The molecule has 1 N–H and O–H groups in total. The molecule has 0 aliphatic carbocycles. The van der Waals surface area contributed by atoms with Crippen molar-refractivity contribution >= 4 is 23.3 Å². The van der Waals surface area contributed by atoms with E-state index < -0.39 is 0 Å². The molecule has 0 radical (unpaired) electrons. The standard InChI is InChI=1S/C17H18N2S/c1-12(2)14-9-7-13(8-10-14)11-19-16-6-4-3-5-15(16)18-17(19)20/h3-10,12H,11H2,1-2H3,(H,18,20). The van der Waals surface area contributed by atoms with Crippen LogP contribution in [0, 0.1) is 4.77 Å². The molecule has 0 atom stereocenters. The van der Waals surface area contributed by atoms with E-state index in [0.717, 1.165) is 22.3 Å². The Hall–Kier alpha value is -1.87. The Morgan fingerprint density at radius 2 is 1.75 bits per heavy atom. The largest absolute Gasteiger partial charge is 0.331 e. The fourth-order valence-electron chi connectivity index (χ4n) is 2.45. The first-order valence-electron chi connectivity index (χ1n) is 6.91. The van der Waals surface area contributed by atoms with Crippen LogP contribution in [0.5, 0.6) is 0 Å². The number of imidazole rings is 1. The molecule has 0 bridgehead atoms. The van der Waals surface area contributed by atoms with Crippen LogP contribution < -0.4 is 0 Å². The van der Waals surface area contributed by atoms with Gasteiger partial charge in [-0.15, -0.1) is 0 Å². The fourth-order valence-corrected chi connectivity index (χ4v) is 2.73. The summed E-state index contributed by atoms with van der Waals surface area (Å²) in [4.78, 5) is 3.25. The molecule has 1 aromatic heterocycles. The van der Waals surface area contributed by atoms with Crippen molar-refractivity contribution in [1.82, 2.24) is 9.55 Å². The molecule has 3 rings (SSSR count). The summed E-state index contributed by atoms with van der Waals surface area (Å²) in [6, 6.07) is 17.0. The number of H-pyrrole nitrogens is 1. The molecule has 0 unspecified atom stereocenters. The van der Waals surface area contributed by atoms with Crippen molar-refractivity contribution < 1.29 is 0 Å². The summed E-state index contributed by atoms with van der Waals surface area (Å²) < 4.78 is 2.92. The molecule has 102 valence electrons. The summed E-state index contributed by atoms with van der Waals surface area (Å²) in [5, 5.41) is 0. The van der Waals surface area contributed by atoms with Crippen LogP contribution in [0.3, 0.4) is 0 Å². The van der Waals surface area contributed by atoms with Crippen molar-refractivity contribution in [3.05, 3.63) is 64.4 Å². The Morgan fingerprint density at radius 3 is 2.45 bits per heavy atom. The highest BCUT2D eigenvalue weighted by Gasteiger charge is 2.05. The van der Waals surface area contributed by atoms with Gasteiger partial charge in [0.25, 0.3) is 0 Å². The molecule has 0 aliphatic heterocycles. The van der Waals surface area contributed by atoms with Gasteiger partial charge in [0.2, 0.25) is 0 Å². The van der Waals surface area contributed by atoms with Crippen molar-refractivity contribution in [3.63, 3.8) is 0 Å². The zero-order valence-corrected chi connectivity index (χ0v) is 12.6. The quantitative estimate of drug-likeness (QED) is 0.680. The number of aromatic amines is 1. The predicted octanol–water partition coefficient (Wildman–Crippen LogP) is 4.87. The lowest BCUT2D eigenvalue weighted by Gasteiger charge is -2.08. The van der Waals surface area contributed by atoms with Crippen molar-refractivity contribution in [2.45, 2.75) is 26.3 Å². The number of para-hydroxylation sites is 2. The van der Waals surface area contributed by atoms with E-state index in [9.17, 15) is 0 Å². The average Bonchev–Trinajstić information content (AvgIpc) is 2.76. The van der Waals surface area contributed by atoms with Crippen molar-refractivity contribution in [1.29, 1.82) is 0 Å². The van der Waals surface area contributed by atoms with E-state index in [1.165, 1.54) is 11.1 Å². The van der Waals surface area contributed by atoms with Gasteiger partial charge >= 0.3 is 0 Å². The molecule has 20 heavy (non-hydrogen) atoms. The Bertz CT molecular complexity index is 779. The first-order chi connectivity index (χ1) is 9.65. The number of aromatic nitrogens is 2. The van der Waals surface area contributed by atoms with Gasteiger partial charge in [-0.2, -0.15) is 0 Å². The van der Waals surface area contributed by atoms with Gasteiger partial charge in [0.15, 0.2) is 4.77 Å².